The first-order valence-electron chi connectivity index (χ1n) is 8.82. The summed E-state index contributed by atoms with van der Waals surface area (Å²) in [6, 6.07) is 5.60. The zero-order chi connectivity index (χ0) is 18.9. The number of rotatable bonds is 11. The maximum atomic E-state index is 12.1. The molecule has 2 rings (SSSR count). The predicted octanol–water partition coefficient (Wildman–Crippen LogP) is 3.38. The number of hydrogen-bond acceptors (Lipinski definition) is 4. The van der Waals surface area contributed by atoms with Gasteiger partial charge in [-0.1, -0.05) is 12.1 Å². The second-order valence-electron chi connectivity index (χ2n) is 6.37. The Bertz CT molecular complexity index is 766. The van der Waals surface area contributed by atoms with Gasteiger partial charge in [-0.2, -0.15) is 0 Å². The fourth-order valence-electron chi connectivity index (χ4n) is 2.84. The van der Waals surface area contributed by atoms with Gasteiger partial charge in [0.15, 0.2) is 0 Å². The summed E-state index contributed by atoms with van der Waals surface area (Å²) in [7, 11) is 2.04. The van der Waals surface area contributed by atoms with Crippen LogP contribution in [0.25, 0.3) is 10.9 Å². The second-order valence-corrected chi connectivity index (χ2v) is 6.37. The summed E-state index contributed by atoms with van der Waals surface area (Å²) < 4.78 is 5.55. The van der Waals surface area contributed by atoms with Gasteiger partial charge in [0.1, 0.15) is 5.75 Å². The Kier molecular flexibility index (Phi) is 7.41. The summed E-state index contributed by atoms with van der Waals surface area (Å²) in [6.07, 6.45) is 5.92. The van der Waals surface area contributed by atoms with Crippen molar-refractivity contribution in [3.8, 4) is 5.75 Å². The van der Waals surface area contributed by atoms with Crippen molar-refractivity contribution >= 4 is 22.8 Å². The van der Waals surface area contributed by atoms with Crippen LogP contribution in [0.3, 0.4) is 0 Å². The summed E-state index contributed by atoms with van der Waals surface area (Å²) >= 11 is 0. The van der Waals surface area contributed by atoms with Gasteiger partial charge in [-0.25, -0.2) is 0 Å². The van der Waals surface area contributed by atoms with Gasteiger partial charge in [-0.15, -0.1) is 6.58 Å². The lowest BCUT2D eigenvalue weighted by Gasteiger charge is -2.14. The number of benzene rings is 1. The van der Waals surface area contributed by atoms with E-state index < -0.39 is 5.97 Å². The minimum absolute atomic E-state index is 0.0725. The number of nitrogens with one attached hydrogen (secondary N) is 1. The molecule has 2 aromatic rings. The third-order valence-corrected chi connectivity index (χ3v) is 4.20. The molecule has 6 heteroatoms. The van der Waals surface area contributed by atoms with E-state index in [1.54, 1.807) is 6.07 Å². The number of ether oxygens (including phenoxy) is 1. The van der Waals surface area contributed by atoms with Crippen LogP contribution in [-0.2, 0) is 16.0 Å². The zero-order valence-corrected chi connectivity index (χ0v) is 15.2. The number of fused-ring (bicyclic) bond motifs is 1. The number of carboxylic acid groups (broad SMARTS) is 1. The molecule has 1 aromatic carbocycles. The molecule has 0 radical (unpaired) electrons. The van der Waals surface area contributed by atoms with Crippen molar-refractivity contribution in [2.45, 2.75) is 32.1 Å². The molecule has 0 amide bonds. The maximum Gasteiger partial charge on any atom is 0.311 e. The highest BCUT2D eigenvalue weighted by atomic mass is 16.5. The largest absolute Gasteiger partial charge is 0.481 e. The molecular formula is C20H26N2O4. The predicted molar refractivity (Wildman–Crippen MR) is 101 cm³/mol. The molecule has 0 atom stereocenters. The Labute approximate surface area is 153 Å². The van der Waals surface area contributed by atoms with Gasteiger partial charge >= 0.3 is 11.9 Å². The summed E-state index contributed by atoms with van der Waals surface area (Å²) in [5.41, 5.74) is 2.03. The van der Waals surface area contributed by atoms with Gasteiger partial charge in [0.05, 0.1) is 0 Å². The molecule has 0 saturated heterocycles. The lowest BCUT2D eigenvalue weighted by atomic mass is 10.1. The fraction of sp³-hybridized carbons (Fsp3) is 0.400. The number of hydrogen-bond donors (Lipinski definition) is 2. The van der Waals surface area contributed by atoms with Gasteiger partial charge in [0.25, 0.3) is 0 Å². The van der Waals surface area contributed by atoms with E-state index in [0.29, 0.717) is 18.6 Å². The minimum atomic E-state index is -0.846. The summed E-state index contributed by atoms with van der Waals surface area (Å²) in [4.78, 5) is 28.0. The Hall–Kier alpha value is -2.60. The van der Waals surface area contributed by atoms with Crippen LogP contribution in [0.4, 0.5) is 0 Å². The number of likely N-dealkylation sites (N-methyl/N-ethyl adjacent to an activating group) is 1. The SMILES string of the molecule is C=CCN(C)CCc1c[nH]c2cccc(OC(=O)CCCCC(=O)O)c12. The van der Waals surface area contributed by atoms with E-state index in [1.807, 2.05) is 31.5 Å². The van der Waals surface area contributed by atoms with Crippen molar-refractivity contribution in [2.75, 3.05) is 20.1 Å². The third kappa shape index (κ3) is 5.74. The number of aromatic amines is 1. The molecule has 6 nitrogen and oxygen atoms in total. The highest BCUT2D eigenvalue weighted by Crippen LogP contribution is 2.29. The van der Waals surface area contributed by atoms with E-state index in [2.05, 4.69) is 16.5 Å². The van der Waals surface area contributed by atoms with Crippen LogP contribution in [0.15, 0.2) is 37.1 Å². The van der Waals surface area contributed by atoms with Crippen LogP contribution in [0.1, 0.15) is 31.2 Å². The fourth-order valence-corrected chi connectivity index (χ4v) is 2.84. The van der Waals surface area contributed by atoms with Crippen LogP contribution < -0.4 is 4.74 Å². The number of aromatic nitrogens is 1. The molecule has 1 aromatic heterocycles. The Morgan fingerprint density at radius 1 is 1.31 bits per heavy atom. The molecular weight excluding hydrogens is 332 g/mol. The number of carbonyl (C=O) groups is 2. The van der Waals surface area contributed by atoms with Gasteiger partial charge < -0.3 is 19.7 Å². The number of aliphatic carboxylic acids is 1. The number of unbranched alkanes of at least 4 members (excludes halogenated alkanes) is 1. The van der Waals surface area contributed by atoms with E-state index in [4.69, 9.17) is 9.84 Å². The monoisotopic (exact) mass is 358 g/mol. The van der Waals surface area contributed by atoms with Crippen molar-refractivity contribution in [3.63, 3.8) is 0 Å². The first kappa shape index (κ1) is 19.7. The molecule has 0 fully saturated rings. The molecule has 0 unspecified atom stereocenters. The highest BCUT2D eigenvalue weighted by Gasteiger charge is 2.13. The first-order valence-corrected chi connectivity index (χ1v) is 8.82. The van der Waals surface area contributed by atoms with E-state index in [1.165, 1.54) is 0 Å². The summed E-state index contributed by atoms with van der Waals surface area (Å²) in [5.74, 6) is -0.631. The molecule has 0 aliphatic carbocycles. The second kappa shape index (κ2) is 9.77. The molecule has 0 bridgehead atoms. The smallest absolute Gasteiger partial charge is 0.311 e. The molecule has 1 heterocycles. The maximum absolute atomic E-state index is 12.1. The topological polar surface area (TPSA) is 82.6 Å². The van der Waals surface area contributed by atoms with E-state index >= 15 is 0 Å². The van der Waals surface area contributed by atoms with Crippen molar-refractivity contribution in [2.24, 2.45) is 0 Å². The number of carbonyl (C=O) groups excluding carboxylic acids is 1. The molecule has 26 heavy (non-hydrogen) atoms. The first-order chi connectivity index (χ1) is 12.5. The highest BCUT2D eigenvalue weighted by molar-refractivity contribution is 5.91. The van der Waals surface area contributed by atoms with E-state index in [9.17, 15) is 9.59 Å². The van der Waals surface area contributed by atoms with Gasteiger partial charge in [-0.05, 0) is 44.0 Å². The van der Waals surface area contributed by atoms with Gasteiger partial charge in [-0.3, -0.25) is 9.59 Å². The van der Waals surface area contributed by atoms with Crippen LogP contribution in [-0.4, -0.2) is 47.1 Å². The van der Waals surface area contributed by atoms with Crippen molar-refractivity contribution in [1.29, 1.82) is 0 Å². The van der Waals surface area contributed by atoms with Crippen molar-refractivity contribution in [1.82, 2.24) is 9.88 Å². The normalized spacial score (nSPS) is 11.0. The molecule has 2 N–H and O–H groups in total. The molecule has 0 saturated carbocycles. The minimum Gasteiger partial charge on any atom is -0.481 e. The lowest BCUT2D eigenvalue weighted by Crippen LogP contribution is -2.20. The number of esters is 1. The van der Waals surface area contributed by atoms with Crippen LogP contribution in [0, 0.1) is 0 Å². The van der Waals surface area contributed by atoms with Crippen LogP contribution in [0.5, 0.6) is 5.75 Å². The number of H-pyrrole nitrogens is 1. The lowest BCUT2D eigenvalue weighted by molar-refractivity contribution is -0.138. The Morgan fingerprint density at radius 2 is 2.08 bits per heavy atom. The average Bonchev–Trinajstić information content (AvgIpc) is 3.01. The number of nitrogens with zero attached hydrogens (tertiary/aromatic N) is 1. The number of carboxylic acids is 1. The zero-order valence-electron chi connectivity index (χ0n) is 15.2. The molecule has 0 aliphatic rings. The Balaban J connectivity index is 2.02. The van der Waals surface area contributed by atoms with Crippen molar-refractivity contribution in [3.05, 3.63) is 42.6 Å². The van der Waals surface area contributed by atoms with Gasteiger partial charge in [0.2, 0.25) is 0 Å². The summed E-state index contributed by atoms with van der Waals surface area (Å²) in [5, 5.41) is 9.56. The Morgan fingerprint density at radius 3 is 2.81 bits per heavy atom. The van der Waals surface area contributed by atoms with Crippen molar-refractivity contribution < 1.29 is 19.4 Å². The van der Waals surface area contributed by atoms with Crippen LogP contribution in [0.2, 0.25) is 0 Å². The standard InChI is InChI=1S/C20H26N2O4/c1-3-12-22(2)13-11-15-14-21-16-7-6-8-17(20(15)16)26-19(25)10-5-4-9-18(23)24/h3,6-8,14,21H,1,4-5,9-13H2,2H3,(H,23,24). The molecule has 0 aliphatic heterocycles. The van der Waals surface area contributed by atoms with E-state index in [-0.39, 0.29) is 18.8 Å². The average molecular weight is 358 g/mol. The van der Waals surface area contributed by atoms with E-state index in [0.717, 1.165) is 36.0 Å². The van der Waals surface area contributed by atoms with Gasteiger partial charge in [0, 0.05) is 43.0 Å². The summed E-state index contributed by atoms with van der Waals surface area (Å²) in [6.45, 7) is 5.44. The third-order valence-electron chi connectivity index (χ3n) is 4.20. The molecule has 140 valence electrons. The molecule has 0 spiro atoms. The quantitative estimate of drug-likeness (QED) is 0.278. The van der Waals surface area contributed by atoms with Crippen LogP contribution >= 0.6 is 0 Å².